The summed E-state index contributed by atoms with van der Waals surface area (Å²) in [5.41, 5.74) is 2.18. The number of aryl methyl sites for hydroxylation is 1. The van der Waals surface area contributed by atoms with Gasteiger partial charge in [0.05, 0.1) is 4.88 Å². The van der Waals surface area contributed by atoms with Crippen molar-refractivity contribution in [1.82, 2.24) is 10.3 Å². The third-order valence-electron chi connectivity index (χ3n) is 2.16. The number of carbonyl (C=O) groups excluding carboxylic acids is 1. The predicted molar refractivity (Wildman–Crippen MR) is 64.5 cm³/mol. The Morgan fingerprint density at radius 1 is 1.44 bits per heavy atom. The fourth-order valence-electron chi connectivity index (χ4n) is 1.32. The van der Waals surface area contributed by atoms with Gasteiger partial charge in [-0.15, -0.1) is 11.3 Å². The molecule has 2 aromatic heterocycles. The number of carbonyl (C=O) groups is 1. The van der Waals surface area contributed by atoms with Crippen LogP contribution < -0.4 is 5.32 Å². The first-order chi connectivity index (χ1) is 7.75. The minimum absolute atomic E-state index is 0.0186. The molecule has 0 saturated heterocycles. The van der Waals surface area contributed by atoms with E-state index in [9.17, 15) is 4.79 Å². The van der Waals surface area contributed by atoms with Crippen molar-refractivity contribution in [3.05, 3.63) is 52.0 Å². The zero-order chi connectivity index (χ0) is 11.4. The van der Waals surface area contributed by atoms with E-state index in [0.717, 1.165) is 16.0 Å². The average molecular weight is 232 g/mol. The molecule has 2 rings (SSSR count). The molecule has 0 aliphatic rings. The van der Waals surface area contributed by atoms with E-state index in [0.29, 0.717) is 6.54 Å². The number of aromatic nitrogens is 1. The minimum atomic E-state index is -0.0186. The largest absolute Gasteiger partial charge is 0.347 e. The summed E-state index contributed by atoms with van der Waals surface area (Å²) in [6.07, 6.45) is 3.44. The van der Waals surface area contributed by atoms with E-state index in [4.69, 9.17) is 0 Å². The number of rotatable bonds is 3. The van der Waals surface area contributed by atoms with Gasteiger partial charge in [-0.3, -0.25) is 9.78 Å². The Balaban J connectivity index is 1.94. The van der Waals surface area contributed by atoms with Crippen molar-refractivity contribution >= 4 is 17.2 Å². The normalized spacial score (nSPS) is 10.1. The molecule has 0 atom stereocenters. The molecule has 1 amide bonds. The molecule has 0 aromatic carbocycles. The number of hydrogen-bond acceptors (Lipinski definition) is 3. The highest BCUT2D eigenvalue weighted by atomic mass is 32.1. The van der Waals surface area contributed by atoms with E-state index in [-0.39, 0.29) is 5.91 Å². The molecule has 0 saturated carbocycles. The molecule has 2 heterocycles. The van der Waals surface area contributed by atoms with Gasteiger partial charge in [0.15, 0.2) is 0 Å². The molecule has 0 fully saturated rings. The van der Waals surface area contributed by atoms with Crippen LogP contribution in [0.15, 0.2) is 36.0 Å². The molecule has 16 heavy (non-hydrogen) atoms. The number of amides is 1. The molecule has 1 N–H and O–H groups in total. The number of pyridine rings is 1. The van der Waals surface area contributed by atoms with Gasteiger partial charge in [-0.25, -0.2) is 0 Å². The van der Waals surface area contributed by atoms with Crippen LogP contribution in [0.1, 0.15) is 20.8 Å². The highest BCUT2D eigenvalue weighted by molar-refractivity contribution is 7.12. The van der Waals surface area contributed by atoms with Crippen molar-refractivity contribution in [2.24, 2.45) is 0 Å². The third kappa shape index (κ3) is 2.67. The molecule has 4 heteroatoms. The van der Waals surface area contributed by atoms with Crippen LogP contribution in [0.5, 0.6) is 0 Å². The summed E-state index contributed by atoms with van der Waals surface area (Å²) < 4.78 is 0. The van der Waals surface area contributed by atoms with E-state index >= 15 is 0 Å². The summed E-state index contributed by atoms with van der Waals surface area (Å²) in [7, 11) is 0. The first kappa shape index (κ1) is 10.8. The first-order valence-corrected chi connectivity index (χ1v) is 5.86. The highest BCUT2D eigenvalue weighted by Gasteiger charge is 2.06. The van der Waals surface area contributed by atoms with Crippen molar-refractivity contribution in [1.29, 1.82) is 0 Å². The Morgan fingerprint density at radius 2 is 2.19 bits per heavy atom. The summed E-state index contributed by atoms with van der Waals surface area (Å²) in [6, 6.07) is 5.67. The van der Waals surface area contributed by atoms with Gasteiger partial charge in [-0.1, -0.05) is 0 Å². The van der Waals surface area contributed by atoms with Gasteiger partial charge in [0.1, 0.15) is 0 Å². The van der Waals surface area contributed by atoms with Crippen molar-refractivity contribution in [2.45, 2.75) is 13.5 Å². The average Bonchev–Trinajstić information content (AvgIpc) is 2.74. The zero-order valence-corrected chi connectivity index (χ0v) is 9.75. The van der Waals surface area contributed by atoms with Crippen LogP contribution in [0.2, 0.25) is 0 Å². The molecule has 0 bridgehead atoms. The Morgan fingerprint density at radius 3 is 2.81 bits per heavy atom. The lowest BCUT2D eigenvalue weighted by molar-refractivity contribution is 0.0955. The van der Waals surface area contributed by atoms with Crippen LogP contribution in [0.3, 0.4) is 0 Å². The van der Waals surface area contributed by atoms with E-state index in [1.807, 2.05) is 30.5 Å². The van der Waals surface area contributed by atoms with Crippen molar-refractivity contribution in [3.63, 3.8) is 0 Å². The second-order valence-electron chi connectivity index (χ2n) is 3.53. The summed E-state index contributed by atoms with van der Waals surface area (Å²) in [4.78, 5) is 16.4. The predicted octanol–water partition coefficient (Wildman–Crippen LogP) is 2.38. The maximum atomic E-state index is 11.7. The first-order valence-electron chi connectivity index (χ1n) is 4.98. The Kier molecular flexibility index (Phi) is 3.31. The smallest absolute Gasteiger partial charge is 0.261 e. The fourth-order valence-corrected chi connectivity index (χ4v) is 2.13. The summed E-state index contributed by atoms with van der Waals surface area (Å²) in [6.45, 7) is 2.52. The zero-order valence-electron chi connectivity index (χ0n) is 8.93. The Bertz CT molecular complexity index is 479. The van der Waals surface area contributed by atoms with Crippen molar-refractivity contribution in [2.75, 3.05) is 0 Å². The molecular formula is C12H12N2OS. The summed E-state index contributed by atoms with van der Waals surface area (Å²) >= 11 is 1.47. The van der Waals surface area contributed by atoms with E-state index < -0.39 is 0 Å². The Labute approximate surface area is 98.2 Å². The van der Waals surface area contributed by atoms with Crippen LogP contribution in [-0.2, 0) is 6.54 Å². The molecule has 2 aromatic rings. The monoisotopic (exact) mass is 232 g/mol. The van der Waals surface area contributed by atoms with Crippen LogP contribution in [0.4, 0.5) is 0 Å². The topological polar surface area (TPSA) is 42.0 Å². The van der Waals surface area contributed by atoms with Gasteiger partial charge in [0.25, 0.3) is 5.91 Å². The number of nitrogens with zero attached hydrogens (tertiary/aromatic N) is 1. The van der Waals surface area contributed by atoms with Gasteiger partial charge in [-0.2, -0.15) is 0 Å². The summed E-state index contributed by atoms with van der Waals surface area (Å²) in [5, 5.41) is 4.85. The van der Waals surface area contributed by atoms with Crippen LogP contribution in [-0.4, -0.2) is 10.9 Å². The highest BCUT2D eigenvalue weighted by Crippen LogP contribution is 2.13. The second kappa shape index (κ2) is 4.90. The lowest BCUT2D eigenvalue weighted by Crippen LogP contribution is -2.21. The molecule has 0 unspecified atom stereocenters. The van der Waals surface area contributed by atoms with Crippen LogP contribution >= 0.6 is 11.3 Å². The number of thiophene rings is 1. The van der Waals surface area contributed by atoms with Crippen LogP contribution in [0.25, 0.3) is 0 Å². The molecule has 82 valence electrons. The molecular weight excluding hydrogens is 220 g/mol. The maximum absolute atomic E-state index is 11.7. The SMILES string of the molecule is Cc1csc(C(=O)NCc2ccncc2)c1. The third-order valence-corrected chi connectivity index (χ3v) is 3.20. The molecule has 0 radical (unpaired) electrons. The Hall–Kier alpha value is -1.68. The second-order valence-corrected chi connectivity index (χ2v) is 4.44. The van der Waals surface area contributed by atoms with Crippen LogP contribution in [0, 0.1) is 6.92 Å². The summed E-state index contributed by atoms with van der Waals surface area (Å²) in [5.74, 6) is -0.0186. The maximum Gasteiger partial charge on any atom is 0.261 e. The molecule has 0 aliphatic heterocycles. The van der Waals surface area contributed by atoms with E-state index in [1.54, 1.807) is 12.4 Å². The van der Waals surface area contributed by atoms with Crippen molar-refractivity contribution in [3.8, 4) is 0 Å². The number of hydrogen-bond donors (Lipinski definition) is 1. The molecule has 3 nitrogen and oxygen atoms in total. The number of nitrogens with one attached hydrogen (secondary N) is 1. The van der Waals surface area contributed by atoms with Gasteiger partial charge in [0, 0.05) is 18.9 Å². The van der Waals surface area contributed by atoms with Gasteiger partial charge in [0.2, 0.25) is 0 Å². The quantitative estimate of drug-likeness (QED) is 0.882. The van der Waals surface area contributed by atoms with Gasteiger partial charge >= 0.3 is 0 Å². The lowest BCUT2D eigenvalue weighted by atomic mass is 10.2. The molecule has 0 spiro atoms. The van der Waals surface area contributed by atoms with E-state index in [2.05, 4.69) is 10.3 Å². The van der Waals surface area contributed by atoms with Crippen molar-refractivity contribution < 1.29 is 4.79 Å². The molecule has 0 aliphatic carbocycles. The standard InChI is InChI=1S/C12H12N2OS/c1-9-6-11(16-8-9)12(15)14-7-10-2-4-13-5-3-10/h2-6,8H,7H2,1H3,(H,14,15). The fraction of sp³-hybridized carbons (Fsp3) is 0.167. The van der Waals surface area contributed by atoms with Gasteiger partial charge in [-0.05, 0) is 41.6 Å². The van der Waals surface area contributed by atoms with Gasteiger partial charge < -0.3 is 5.32 Å². The minimum Gasteiger partial charge on any atom is -0.347 e. The van der Waals surface area contributed by atoms with E-state index in [1.165, 1.54) is 11.3 Å². The lowest BCUT2D eigenvalue weighted by Gasteiger charge is -2.02.